The van der Waals surface area contributed by atoms with Crippen LogP contribution in [0.3, 0.4) is 0 Å². The van der Waals surface area contributed by atoms with Gasteiger partial charge in [-0.1, -0.05) is 13.0 Å². The van der Waals surface area contributed by atoms with Crippen LogP contribution in [0.5, 0.6) is 0 Å². The highest BCUT2D eigenvalue weighted by Gasteiger charge is 2.38. The highest BCUT2D eigenvalue weighted by Crippen LogP contribution is 2.34. The Hall–Kier alpha value is -2.12. The number of amides is 1. The first-order valence-electron chi connectivity index (χ1n) is 10.4. The molecule has 2 saturated heterocycles. The van der Waals surface area contributed by atoms with E-state index in [1.807, 2.05) is 32.9 Å². The van der Waals surface area contributed by atoms with E-state index in [1.165, 1.54) is 5.56 Å². The van der Waals surface area contributed by atoms with Gasteiger partial charge in [0.05, 0.1) is 24.3 Å². The third-order valence-corrected chi connectivity index (χ3v) is 5.88. The molecular formula is C22H30N2O5. The van der Waals surface area contributed by atoms with Gasteiger partial charge in [-0.3, -0.25) is 4.90 Å². The van der Waals surface area contributed by atoms with Crippen LogP contribution in [0.15, 0.2) is 12.1 Å². The van der Waals surface area contributed by atoms with Crippen molar-refractivity contribution in [2.75, 3.05) is 32.8 Å². The molecule has 0 spiro atoms. The van der Waals surface area contributed by atoms with Gasteiger partial charge < -0.3 is 19.1 Å². The van der Waals surface area contributed by atoms with Crippen LogP contribution in [-0.4, -0.2) is 66.3 Å². The molecule has 2 fully saturated rings. The minimum absolute atomic E-state index is 0.0321. The highest BCUT2D eigenvalue weighted by atomic mass is 16.6. The Morgan fingerprint density at radius 1 is 1.24 bits per heavy atom. The standard InChI is InChI=1S/C22H30N2O5/c1-5-15-16(6-7-17-18(15)13-28-20(17)25)19-11-23-8-9-24(10-14(23)12-27-19)21(26)29-22(2,3)4/h6-7,14,19H,5,8-13H2,1-4H3. The average molecular weight is 402 g/mol. The molecule has 29 heavy (non-hydrogen) atoms. The molecule has 158 valence electrons. The van der Waals surface area contributed by atoms with E-state index in [9.17, 15) is 9.59 Å². The molecule has 1 aromatic carbocycles. The fourth-order valence-corrected chi connectivity index (χ4v) is 4.47. The zero-order valence-electron chi connectivity index (χ0n) is 17.7. The van der Waals surface area contributed by atoms with Gasteiger partial charge in [0.2, 0.25) is 0 Å². The van der Waals surface area contributed by atoms with Crippen LogP contribution in [-0.2, 0) is 27.2 Å². The molecule has 0 saturated carbocycles. The maximum atomic E-state index is 12.4. The number of ether oxygens (including phenoxy) is 3. The second kappa shape index (κ2) is 7.61. The molecule has 2 unspecified atom stereocenters. The van der Waals surface area contributed by atoms with E-state index < -0.39 is 5.60 Å². The normalized spacial score (nSPS) is 24.7. The van der Waals surface area contributed by atoms with E-state index in [0.717, 1.165) is 30.6 Å². The number of benzene rings is 1. The van der Waals surface area contributed by atoms with Gasteiger partial charge in [0.25, 0.3) is 0 Å². The minimum atomic E-state index is -0.488. The molecule has 1 amide bonds. The van der Waals surface area contributed by atoms with Crippen molar-refractivity contribution >= 4 is 12.1 Å². The van der Waals surface area contributed by atoms with E-state index in [2.05, 4.69) is 11.8 Å². The van der Waals surface area contributed by atoms with Crippen molar-refractivity contribution in [1.82, 2.24) is 9.80 Å². The fraction of sp³-hybridized carbons (Fsp3) is 0.636. The number of nitrogens with zero attached hydrogens (tertiary/aromatic N) is 2. The van der Waals surface area contributed by atoms with Crippen molar-refractivity contribution in [3.8, 4) is 0 Å². The Kier molecular flexibility index (Phi) is 5.29. The lowest BCUT2D eigenvalue weighted by molar-refractivity contribution is -0.0908. The van der Waals surface area contributed by atoms with Crippen molar-refractivity contribution < 1.29 is 23.8 Å². The first kappa shape index (κ1) is 20.2. The number of piperazine rings is 1. The summed E-state index contributed by atoms with van der Waals surface area (Å²) < 4.78 is 17.0. The van der Waals surface area contributed by atoms with Crippen molar-refractivity contribution in [2.45, 2.75) is 58.5 Å². The number of fused-ring (bicyclic) bond motifs is 2. The van der Waals surface area contributed by atoms with Crippen LogP contribution >= 0.6 is 0 Å². The number of esters is 1. The monoisotopic (exact) mass is 402 g/mol. The lowest BCUT2D eigenvalue weighted by Crippen LogP contribution is -2.60. The molecule has 7 nitrogen and oxygen atoms in total. The molecule has 0 bridgehead atoms. The van der Waals surface area contributed by atoms with Crippen LogP contribution in [0.4, 0.5) is 4.79 Å². The van der Waals surface area contributed by atoms with Crippen LogP contribution in [0.1, 0.15) is 60.8 Å². The summed E-state index contributed by atoms with van der Waals surface area (Å²) in [5.41, 5.74) is 3.53. The summed E-state index contributed by atoms with van der Waals surface area (Å²) in [5.74, 6) is -0.232. The molecule has 0 N–H and O–H groups in total. The molecule has 2 atom stereocenters. The molecule has 4 rings (SSSR count). The number of cyclic esters (lactones) is 1. The summed E-state index contributed by atoms with van der Waals surface area (Å²) >= 11 is 0. The third kappa shape index (κ3) is 3.98. The van der Waals surface area contributed by atoms with Gasteiger partial charge in [-0.15, -0.1) is 0 Å². The predicted octanol–water partition coefficient (Wildman–Crippen LogP) is 2.91. The molecule has 0 radical (unpaired) electrons. The van der Waals surface area contributed by atoms with E-state index in [1.54, 1.807) is 4.90 Å². The maximum absolute atomic E-state index is 12.4. The summed E-state index contributed by atoms with van der Waals surface area (Å²) in [6.45, 7) is 11.6. The van der Waals surface area contributed by atoms with E-state index in [0.29, 0.717) is 31.9 Å². The zero-order chi connectivity index (χ0) is 20.8. The topological polar surface area (TPSA) is 68.3 Å². The summed E-state index contributed by atoms with van der Waals surface area (Å²) in [5, 5.41) is 0. The minimum Gasteiger partial charge on any atom is -0.457 e. The van der Waals surface area contributed by atoms with Gasteiger partial charge in [-0.25, -0.2) is 9.59 Å². The van der Waals surface area contributed by atoms with E-state index in [4.69, 9.17) is 14.2 Å². The van der Waals surface area contributed by atoms with Crippen LogP contribution in [0.2, 0.25) is 0 Å². The summed E-state index contributed by atoms with van der Waals surface area (Å²) in [7, 11) is 0. The Balaban J connectivity index is 1.45. The first-order valence-corrected chi connectivity index (χ1v) is 10.4. The second-order valence-electron chi connectivity index (χ2n) is 8.99. The number of hydrogen-bond acceptors (Lipinski definition) is 6. The number of hydrogen-bond donors (Lipinski definition) is 0. The number of rotatable bonds is 2. The summed E-state index contributed by atoms with van der Waals surface area (Å²) in [4.78, 5) is 28.5. The molecular weight excluding hydrogens is 372 g/mol. The number of carbonyl (C=O) groups excluding carboxylic acids is 2. The summed E-state index contributed by atoms with van der Waals surface area (Å²) in [6.07, 6.45) is 0.552. The van der Waals surface area contributed by atoms with Gasteiger partial charge in [-0.05, 0) is 44.4 Å². The first-order chi connectivity index (χ1) is 13.8. The number of carbonyl (C=O) groups is 2. The lowest BCUT2D eigenvalue weighted by Gasteiger charge is -2.46. The molecule has 1 aromatic rings. The maximum Gasteiger partial charge on any atom is 0.410 e. The SMILES string of the molecule is CCc1c(C2CN3CCN(C(=O)OC(C)(C)C)CC3CO2)ccc2c1COC2=O. The van der Waals surface area contributed by atoms with Crippen LogP contribution in [0.25, 0.3) is 0 Å². The van der Waals surface area contributed by atoms with Gasteiger partial charge in [-0.2, -0.15) is 0 Å². The van der Waals surface area contributed by atoms with Gasteiger partial charge >= 0.3 is 12.1 Å². The molecule has 3 aliphatic heterocycles. The van der Waals surface area contributed by atoms with Crippen molar-refractivity contribution in [2.24, 2.45) is 0 Å². The van der Waals surface area contributed by atoms with Gasteiger partial charge in [0.15, 0.2) is 0 Å². The fourth-order valence-electron chi connectivity index (χ4n) is 4.47. The Bertz CT molecular complexity index is 816. The quantitative estimate of drug-likeness (QED) is 0.709. The average Bonchev–Trinajstić information content (AvgIpc) is 3.06. The second-order valence-corrected chi connectivity index (χ2v) is 8.99. The van der Waals surface area contributed by atoms with Gasteiger partial charge in [0.1, 0.15) is 12.2 Å². The molecule has 0 aliphatic carbocycles. The van der Waals surface area contributed by atoms with Crippen LogP contribution in [0, 0.1) is 0 Å². The summed E-state index contributed by atoms with van der Waals surface area (Å²) in [6, 6.07) is 4.07. The largest absolute Gasteiger partial charge is 0.457 e. The Labute approximate surface area is 171 Å². The predicted molar refractivity (Wildman–Crippen MR) is 107 cm³/mol. The molecule has 3 heterocycles. The molecule has 0 aromatic heterocycles. The highest BCUT2D eigenvalue weighted by molar-refractivity contribution is 5.94. The van der Waals surface area contributed by atoms with Gasteiger partial charge in [0, 0.05) is 31.7 Å². The van der Waals surface area contributed by atoms with Crippen molar-refractivity contribution in [3.05, 3.63) is 34.4 Å². The smallest absolute Gasteiger partial charge is 0.410 e. The molecule has 7 heteroatoms. The van der Waals surface area contributed by atoms with Crippen LogP contribution < -0.4 is 0 Å². The zero-order valence-corrected chi connectivity index (χ0v) is 17.7. The number of morpholine rings is 1. The van der Waals surface area contributed by atoms with E-state index in [-0.39, 0.29) is 24.2 Å². The van der Waals surface area contributed by atoms with E-state index >= 15 is 0 Å². The Morgan fingerprint density at radius 2 is 2.03 bits per heavy atom. The third-order valence-electron chi connectivity index (χ3n) is 5.88. The lowest BCUT2D eigenvalue weighted by atomic mass is 9.91. The van der Waals surface area contributed by atoms with Crippen molar-refractivity contribution in [3.63, 3.8) is 0 Å². The van der Waals surface area contributed by atoms with Crippen molar-refractivity contribution in [1.29, 1.82) is 0 Å². The molecule has 3 aliphatic rings. The Morgan fingerprint density at radius 3 is 2.76 bits per heavy atom.